The normalized spacial score (nSPS) is 19.2. The zero-order chi connectivity index (χ0) is 25.1. The molecule has 0 radical (unpaired) electrons. The van der Waals surface area contributed by atoms with Gasteiger partial charge in [0.25, 0.3) is 0 Å². The molecule has 2 unspecified atom stereocenters. The Morgan fingerprint density at radius 1 is 0.844 bits per heavy atom. The molecule has 0 aromatic heterocycles. The first-order valence-corrected chi connectivity index (χ1v) is 13.9. The Morgan fingerprint density at radius 2 is 1.38 bits per heavy atom. The smallest absolute Gasteiger partial charge is 0.0543 e. The first-order chi connectivity index (χ1) is 15.3. The van der Waals surface area contributed by atoms with E-state index in [1.165, 1.54) is 74.5 Å². The second kappa shape index (κ2) is 20.8. The molecule has 1 heteroatoms. The Morgan fingerprint density at radius 3 is 1.88 bits per heavy atom. The van der Waals surface area contributed by atoms with Crippen LogP contribution in [0.1, 0.15) is 129 Å². The van der Waals surface area contributed by atoms with Gasteiger partial charge in [-0.2, -0.15) is 0 Å². The fourth-order valence-electron chi connectivity index (χ4n) is 4.54. The van der Waals surface area contributed by atoms with Crippen LogP contribution in [0, 0.1) is 38.5 Å². The van der Waals surface area contributed by atoms with Crippen LogP contribution < -0.4 is 0 Å². The molecule has 0 N–H and O–H groups in total. The highest BCUT2D eigenvalue weighted by Gasteiger charge is 2.25. The molecule has 2 rings (SSSR count). The first-order valence-electron chi connectivity index (χ1n) is 13.9. The van der Waals surface area contributed by atoms with Gasteiger partial charge in [0, 0.05) is 7.11 Å². The van der Waals surface area contributed by atoms with Crippen LogP contribution in [0.5, 0.6) is 0 Å². The molecule has 1 aromatic rings. The Hall–Kier alpha value is -0.820. The van der Waals surface area contributed by atoms with E-state index < -0.39 is 0 Å². The Balaban J connectivity index is 0. The van der Waals surface area contributed by atoms with Crippen LogP contribution in [-0.4, -0.2) is 13.2 Å². The third-order valence-corrected chi connectivity index (χ3v) is 7.12. The monoisotopic (exact) mass is 448 g/mol. The molecule has 0 amide bonds. The summed E-state index contributed by atoms with van der Waals surface area (Å²) in [5.74, 6) is 2.76. The van der Waals surface area contributed by atoms with Gasteiger partial charge in [-0.25, -0.2) is 0 Å². The van der Waals surface area contributed by atoms with E-state index in [1.54, 1.807) is 5.56 Å². The van der Waals surface area contributed by atoms with E-state index in [4.69, 9.17) is 4.74 Å². The van der Waals surface area contributed by atoms with Gasteiger partial charge in [-0.05, 0) is 106 Å². The predicted octanol–water partition coefficient (Wildman–Crippen LogP) is 10.3. The van der Waals surface area contributed by atoms with E-state index in [0.29, 0.717) is 6.10 Å². The van der Waals surface area contributed by atoms with Gasteiger partial charge in [-0.3, -0.25) is 0 Å². The van der Waals surface area contributed by atoms with Crippen molar-refractivity contribution < 1.29 is 4.74 Å². The lowest BCUT2D eigenvalue weighted by atomic mass is 9.73. The summed E-state index contributed by atoms with van der Waals surface area (Å²) in [6.07, 6.45) is 12.6. The molecule has 0 spiro atoms. The van der Waals surface area contributed by atoms with Crippen LogP contribution >= 0.6 is 0 Å². The number of rotatable bonds is 8. The minimum Gasteiger partial charge on any atom is -0.382 e. The quantitative estimate of drug-likeness (QED) is 0.384. The van der Waals surface area contributed by atoms with E-state index in [9.17, 15) is 0 Å². The maximum atomic E-state index is 5.40. The van der Waals surface area contributed by atoms with Crippen molar-refractivity contribution in [3.63, 3.8) is 0 Å². The maximum Gasteiger partial charge on any atom is 0.0543 e. The van der Waals surface area contributed by atoms with Crippen molar-refractivity contribution in [1.82, 2.24) is 0 Å². The fraction of sp³-hybridized carbons (Fsp3) is 0.806. The first kappa shape index (κ1) is 33.4. The molecule has 0 saturated heterocycles. The summed E-state index contributed by atoms with van der Waals surface area (Å²) in [7, 11) is 1.83. The van der Waals surface area contributed by atoms with Gasteiger partial charge in [0.2, 0.25) is 0 Å². The molecule has 2 atom stereocenters. The Bertz CT molecular complexity index is 540. The molecule has 1 aromatic carbocycles. The summed E-state index contributed by atoms with van der Waals surface area (Å²) in [5, 5.41) is 0. The summed E-state index contributed by atoms with van der Waals surface area (Å²) >= 11 is 0. The van der Waals surface area contributed by atoms with E-state index in [0.717, 1.165) is 17.8 Å². The van der Waals surface area contributed by atoms with Crippen molar-refractivity contribution in [3.05, 3.63) is 34.4 Å². The molecule has 1 nitrogen and oxygen atoms in total. The molecule has 0 heterocycles. The van der Waals surface area contributed by atoms with Crippen LogP contribution in [0.4, 0.5) is 0 Å². The van der Waals surface area contributed by atoms with E-state index >= 15 is 0 Å². The summed E-state index contributed by atoms with van der Waals surface area (Å²) < 4.78 is 5.40. The minimum absolute atomic E-state index is 0.417. The van der Waals surface area contributed by atoms with Crippen molar-refractivity contribution >= 4 is 0 Å². The van der Waals surface area contributed by atoms with E-state index in [1.807, 2.05) is 34.8 Å². The summed E-state index contributed by atoms with van der Waals surface area (Å²) in [6, 6.07) is 4.67. The zero-order valence-electron chi connectivity index (χ0n) is 24.2. The molecule has 190 valence electrons. The molecular formula is C31H60O. The fourth-order valence-corrected chi connectivity index (χ4v) is 4.54. The maximum absolute atomic E-state index is 5.40. The third-order valence-electron chi connectivity index (χ3n) is 7.12. The number of ether oxygens (including phenoxy) is 1. The van der Waals surface area contributed by atoms with Crippen LogP contribution in [0.2, 0.25) is 0 Å². The second-order valence-electron chi connectivity index (χ2n) is 9.42. The van der Waals surface area contributed by atoms with Gasteiger partial charge in [0.05, 0.1) is 6.10 Å². The molecule has 0 aliphatic heterocycles. The van der Waals surface area contributed by atoms with Crippen LogP contribution in [0.25, 0.3) is 0 Å². The lowest BCUT2D eigenvalue weighted by Crippen LogP contribution is -2.21. The largest absolute Gasteiger partial charge is 0.382 e. The topological polar surface area (TPSA) is 9.23 Å². The molecule has 1 aliphatic rings. The predicted molar refractivity (Wildman–Crippen MR) is 148 cm³/mol. The summed E-state index contributed by atoms with van der Waals surface area (Å²) in [5.41, 5.74) is 6.01. The Labute approximate surface area is 204 Å². The summed E-state index contributed by atoms with van der Waals surface area (Å²) in [6.45, 7) is 23.7. The third kappa shape index (κ3) is 13.0. The highest BCUT2D eigenvalue weighted by Crippen LogP contribution is 2.37. The van der Waals surface area contributed by atoms with Crippen molar-refractivity contribution in [2.75, 3.05) is 7.11 Å². The summed E-state index contributed by atoms with van der Waals surface area (Å²) in [4.78, 5) is 0. The van der Waals surface area contributed by atoms with Crippen molar-refractivity contribution in [2.24, 2.45) is 17.8 Å². The molecule has 32 heavy (non-hydrogen) atoms. The van der Waals surface area contributed by atoms with Gasteiger partial charge in [0.15, 0.2) is 0 Å². The molecule has 1 aliphatic carbocycles. The molecule has 1 fully saturated rings. The van der Waals surface area contributed by atoms with Crippen LogP contribution in [0.3, 0.4) is 0 Å². The van der Waals surface area contributed by atoms with Gasteiger partial charge in [0.1, 0.15) is 0 Å². The van der Waals surface area contributed by atoms with E-state index in [2.05, 4.69) is 60.6 Å². The number of methoxy groups -OCH3 is 1. The number of hydrogen-bond donors (Lipinski definition) is 0. The van der Waals surface area contributed by atoms with Gasteiger partial charge < -0.3 is 4.74 Å². The van der Waals surface area contributed by atoms with E-state index in [-0.39, 0.29) is 0 Å². The molecule has 0 bridgehead atoms. The molecule has 1 saturated carbocycles. The number of hydrogen-bond acceptors (Lipinski definition) is 1. The van der Waals surface area contributed by atoms with Crippen molar-refractivity contribution in [1.29, 1.82) is 0 Å². The SMILES string of the molecule is CC.CC.CCC.COC(C)CCC(C)C1CCC(CCc2ccc(C)c(C)c2C)CC1. The van der Waals surface area contributed by atoms with Crippen molar-refractivity contribution in [3.8, 4) is 0 Å². The zero-order valence-corrected chi connectivity index (χ0v) is 24.2. The Kier molecular flexibility index (Phi) is 21.6. The average Bonchev–Trinajstić information content (AvgIpc) is 2.83. The minimum atomic E-state index is 0.417. The highest BCUT2D eigenvalue weighted by atomic mass is 16.5. The van der Waals surface area contributed by atoms with Crippen LogP contribution in [-0.2, 0) is 11.2 Å². The second-order valence-corrected chi connectivity index (χ2v) is 9.42. The number of aryl methyl sites for hydroxylation is 2. The van der Waals surface area contributed by atoms with Gasteiger partial charge >= 0.3 is 0 Å². The average molecular weight is 449 g/mol. The molecular weight excluding hydrogens is 388 g/mol. The van der Waals surface area contributed by atoms with Gasteiger partial charge in [-0.1, -0.05) is 79.9 Å². The van der Waals surface area contributed by atoms with Gasteiger partial charge in [-0.15, -0.1) is 0 Å². The number of benzene rings is 1. The highest BCUT2D eigenvalue weighted by molar-refractivity contribution is 5.38. The lowest BCUT2D eigenvalue weighted by molar-refractivity contribution is 0.0973. The van der Waals surface area contributed by atoms with Crippen LogP contribution in [0.15, 0.2) is 12.1 Å². The standard InChI is InChI=1S/C24H40O.C3H8.2C2H6/c1-17-8-13-24(21(5)20(17)4)16-12-22-10-14-23(15-11-22)18(2)7-9-19(3)25-6;1-3-2;2*1-2/h8,13,18-19,22-23H,7,9-12,14-16H2,1-6H3;3H2,1-2H3;2*1-2H3. The lowest BCUT2D eigenvalue weighted by Gasteiger charge is -2.33. The van der Waals surface area contributed by atoms with Crippen molar-refractivity contribution in [2.45, 2.75) is 140 Å².